The fourth-order valence-corrected chi connectivity index (χ4v) is 4.21. The van der Waals surface area contributed by atoms with Gasteiger partial charge in [0.1, 0.15) is 11.6 Å². The maximum atomic E-state index is 14.0. The summed E-state index contributed by atoms with van der Waals surface area (Å²) in [5.74, 6) is -1.29. The second-order valence-corrected chi connectivity index (χ2v) is 8.63. The van der Waals surface area contributed by atoms with E-state index < -0.39 is 17.5 Å². The van der Waals surface area contributed by atoms with Gasteiger partial charge in [0.25, 0.3) is 5.56 Å². The van der Waals surface area contributed by atoms with E-state index >= 15 is 0 Å². The number of hydrogen-bond acceptors (Lipinski definition) is 4. The second-order valence-electron chi connectivity index (χ2n) is 8.63. The molecule has 0 bridgehead atoms. The first-order valence-electron chi connectivity index (χ1n) is 11.7. The Kier molecular flexibility index (Phi) is 6.59. The minimum Gasteiger partial charge on any atom is -0.324 e. The molecule has 2 aromatic heterocycles. The first kappa shape index (κ1) is 24.1. The van der Waals surface area contributed by atoms with Crippen molar-refractivity contribution in [3.8, 4) is 11.4 Å². The van der Waals surface area contributed by atoms with Crippen LogP contribution in [0.1, 0.15) is 23.2 Å². The van der Waals surface area contributed by atoms with Gasteiger partial charge in [-0.05, 0) is 31.0 Å². The van der Waals surface area contributed by atoms with E-state index in [0.717, 1.165) is 23.3 Å². The number of fused-ring (bicyclic) bond motifs is 1. The number of benzene rings is 3. The van der Waals surface area contributed by atoms with Crippen LogP contribution in [0.4, 0.5) is 14.5 Å². The van der Waals surface area contributed by atoms with E-state index in [-0.39, 0.29) is 24.1 Å². The van der Waals surface area contributed by atoms with E-state index in [1.54, 1.807) is 0 Å². The molecule has 1 amide bonds. The summed E-state index contributed by atoms with van der Waals surface area (Å²) in [6.45, 7) is 2.26. The van der Waals surface area contributed by atoms with E-state index in [0.29, 0.717) is 35.5 Å². The lowest BCUT2D eigenvalue weighted by molar-refractivity contribution is -0.116. The van der Waals surface area contributed by atoms with Crippen molar-refractivity contribution < 1.29 is 13.6 Å². The first-order valence-corrected chi connectivity index (χ1v) is 11.7. The Labute approximate surface area is 211 Å². The minimum absolute atomic E-state index is 0.0794. The Morgan fingerprint density at radius 3 is 2.38 bits per heavy atom. The van der Waals surface area contributed by atoms with Crippen LogP contribution in [0.3, 0.4) is 0 Å². The molecular weight excluding hydrogens is 476 g/mol. The number of aromatic nitrogens is 4. The molecule has 0 aliphatic carbocycles. The van der Waals surface area contributed by atoms with Gasteiger partial charge in [0.05, 0.1) is 12.2 Å². The van der Waals surface area contributed by atoms with E-state index in [4.69, 9.17) is 0 Å². The molecule has 0 atom stereocenters. The zero-order valence-corrected chi connectivity index (χ0v) is 20.0. The van der Waals surface area contributed by atoms with Crippen molar-refractivity contribution >= 4 is 17.4 Å². The quantitative estimate of drug-likeness (QED) is 0.350. The molecule has 1 N–H and O–H groups in total. The Hall–Kier alpha value is -4.66. The van der Waals surface area contributed by atoms with Crippen molar-refractivity contribution in [2.24, 2.45) is 0 Å². The van der Waals surface area contributed by atoms with Gasteiger partial charge in [0.2, 0.25) is 11.7 Å². The van der Waals surface area contributed by atoms with Crippen molar-refractivity contribution in [3.05, 3.63) is 118 Å². The zero-order chi connectivity index (χ0) is 25.9. The van der Waals surface area contributed by atoms with Crippen LogP contribution < -0.4 is 10.9 Å². The molecule has 186 valence electrons. The van der Waals surface area contributed by atoms with Gasteiger partial charge in [0.15, 0.2) is 5.82 Å². The molecule has 2 heterocycles. The van der Waals surface area contributed by atoms with Gasteiger partial charge < -0.3 is 9.88 Å². The molecule has 0 radical (unpaired) electrons. The maximum Gasteiger partial charge on any atom is 0.279 e. The maximum absolute atomic E-state index is 14.0. The van der Waals surface area contributed by atoms with E-state index in [1.165, 1.54) is 4.52 Å². The van der Waals surface area contributed by atoms with Crippen LogP contribution in [0.5, 0.6) is 0 Å². The molecule has 0 saturated carbocycles. The van der Waals surface area contributed by atoms with Crippen molar-refractivity contribution in [1.82, 2.24) is 19.2 Å². The van der Waals surface area contributed by atoms with E-state index in [1.807, 2.05) is 72.2 Å². The van der Waals surface area contributed by atoms with Crippen LogP contribution in [-0.4, -0.2) is 25.1 Å². The molecule has 5 aromatic rings. The summed E-state index contributed by atoms with van der Waals surface area (Å²) in [4.78, 5) is 30.7. The molecule has 9 heteroatoms. The minimum atomic E-state index is -0.868. The Balaban J connectivity index is 1.51. The highest BCUT2D eigenvalue weighted by Crippen LogP contribution is 2.19. The molecule has 37 heavy (non-hydrogen) atoms. The normalized spacial score (nSPS) is 11.1. The average molecular weight is 500 g/mol. The standard InChI is InChI=1S/C28H23F2N5O2/c1-18-22(13-15-25(36)31-24-14-12-21(29)16-23(24)30)27(37)35-28(34(18)17-19-8-4-2-5-9-19)32-26(33-35)20-10-6-3-7-11-20/h2-12,14,16H,13,15,17H2,1H3,(H,31,36). The highest BCUT2D eigenvalue weighted by molar-refractivity contribution is 5.90. The van der Waals surface area contributed by atoms with Crippen molar-refractivity contribution in [3.63, 3.8) is 0 Å². The molecule has 3 aromatic carbocycles. The van der Waals surface area contributed by atoms with Crippen molar-refractivity contribution in [2.75, 3.05) is 5.32 Å². The number of halogens is 2. The molecule has 5 rings (SSSR count). The number of nitrogens with zero attached hydrogens (tertiary/aromatic N) is 4. The Bertz CT molecular complexity index is 1650. The SMILES string of the molecule is Cc1c(CCC(=O)Nc2ccc(F)cc2F)c(=O)n2nc(-c3ccccc3)nc2n1Cc1ccccc1. The number of carbonyl (C=O) groups is 1. The molecule has 0 unspecified atom stereocenters. The third-order valence-corrected chi connectivity index (χ3v) is 6.15. The summed E-state index contributed by atoms with van der Waals surface area (Å²) in [6, 6.07) is 22.0. The van der Waals surface area contributed by atoms with Gasteiger partial charge in [-0.2, -0.15) is 9.50 Å². The van der Waals surface area contributed by atoms with Gasteiger partial charge in [-0.25, -0.2) is 8.78 Å². The van der Waals surface area contributed by atoms with Crippen LogP contribution in [0, 0.1) is 18.6 Å². The van der Waals surface area contributed by atoms with Gasteiger partial charge in [0, 0.05) is 29.3 Å². The smallest absolute Gasteiger partial charge is 0.279 e. The largest absolute Gasteiger partial charge is 0.324 e. The summed E-state index contributed by atoms with van der Waals surface area (Å²) >= 11 is 0. The van der Waals surface area contributed by atoms with Gasteiger partial charge in [-0.1, -0.05) is 60.7 Å². The van der Waals surface area contributed by atoms with Gasteiger partial charge in [-0.3, -0.25) is 9.59 Å². The summed E-state index contributed by atoms with van der Waals surface area (Å²) in [5.41, 5.74) is 2.36. The lowest BCUT2D eigenvalue weighted by Gasteiger charge is -2.15. The fourth-order valence-electron chi connectivity index (χ4n) is 4.21. The summed E-state index contributed by atoms with van der Waals surface area (Å²) < 4.78 is 30.3. The first-order chi connectivity index (χ1) is 17.9. The van der Waals surface area contributed by atoms with E-state index in [2.05, 4.69) is 15.4 Å². The van der Waals surface area contributed by atoms with Crippen molar-refractivity contribution in [1.29, 1.82) is 0 Å². The molecular formula is C28H23F2N5O2. The summed E-state index contributed by atoms with van der Waals surface area (Å²) in [5, 5.41) is 6.93. The third kappa shape index (κ3) is 5.02. The number of hydrogen-bond donors (Lipinski definition) is 1. The zero-order valence-electron chi connectivity index (χ0n) is 20.0. The molecule has 0 aliphatic heterocycles. The number of amides is 1. The number of anilines is 1. The van der Waals surface area contributed by atoms with Crippen molar-refractivity contribution in [2.45, 2.75) is 26.3 Å². The lowest BCUT2D eigenvalue weighted by Crippen LogP contribution is -2.27. The summed E-state index contributed by atoms with van der Waals surface area (Å²) in [7, 11) is 0. The predicted octanol–water partition coefficient (Wildman–Crippen LogP) is 4.76. The fraction of sp³-hybridized carbons (Fsp3) is 0.143. The molecule has 0 aliphatic rings. The predicted molar refractivity (Wildman–Crippen MR) is 136 cm³/mol. The third-order valence-electron chi connectivity index (χ3n) is 6.15. The van der Waals surface area contributed by atoms with Crippen LogP contribution in [0.25, 0.3) is 17.2 Å². The van der Waals surface area contributed by atoms with Gasteiger partial charge in [-0.15, -0.1) is 5.10 Å². The van der Waals surface area contributed by atoms with E-state index in [9.17, 15) is 18.4 Å². The highest BCUT2D eigenvalue weighted by Gasteiger charge is 2.20. The monoisotopic (exact) mass is 499 g/mol. The Morgan fingerprint density at radius 2 is 1.68 bits per heavy atom. The highest BCUT2D eigenvalue weighted by atomic mass is 19.1. The molecule has 0 saturated heterocycles. The summed E-state index contributed by atoms with van der Waals surface area (Å²) in [6.07, 6.45) is 0.0224. The van der Waals surface area contributed by atoms with Crippen LogP contribution in [-0.2, 0) is 17.8 Å². The lowest BCUT2D eigenvalue weighted by atomic mass is 10.1. The van der Waals surface area contributed by atoms with Crippen LogP contribution in [0.2, 0.25) is 0 Å². The topological polar surface area (TPSA) is 81.3 Å². The average Bonchev–Trinajstić information content (AvgIpc) is 3.35. The van der Waals surface area contributed by atoms with Crippen LogP contribution >= 0.6 is 0 Å². The van der Waals surface area contributed by atoms with Gasteiger partial charge >= 0.3 is 0 Å². The number of nitrogens with one attached hydrogen (secondary N) is 1. The molecule has 7 nitrogen and oxygen atoms in total. The second kappa shape index (κ2) is 10.1. The van der Waals surface area contributed by atoms with Crippen LogP contribution in [0.15, 0.2) is 83.7 Å². The number of carbonyl (C=O) groups excluding carboxylic acids is 1. The molecule has 0 fully saturated rings. The Morgan fingerprint density at radius 1 is 0.973 bits per heavy atom. The molecule has 0 spiro atoms. The number of rotatable bonds is 7.